The highest BCUT2D eigenvalue weighted by molar-refractivity contribution is 5.87. The number of pyridine rings is 1. The Hall–Kier alpha value is -2.36. The molecule has 0 saturated carbocycles. The Morgan fingerprint density at radius 2 is 1.89 bits per heavy atom. The van der Waals surface area contributed by atoms with Gasteiger partial charge in [-0.2, -0.15) is 0 Å². The van der Waals surface area contributed by atoms with Gasteiger partial charge in [-0.05, 0) is 72.4 Å². The van der Waals surface area contributed by atoms with Crippen LogP contribution in [0.15, 0.2) is 30.5 Å². The van der Waals surface area contributed by atoms with Gasteiger partial charge in [0.15, 0.2) is 0 Å². The zero-order valence-corrected chi connectivity index (χ0v) is 18.1. The van der Waals surface area contributed by atoms with Crippen molar-refractivity contribution in [1.82, 2.24) is 4.98 Å². The Kier molecular flexibility index (Phi) is 5.03. The third-order valence-corrected chi connectivity index (χ3v) is 5.84. The molecule has 4 heteroatoms. The van der Waals surface area contributed by atoms with Crippen molar-refractivity contribution in [3.05, 3.63) is 52.7 Å². The van der Waals surface area contributed by atoms with Gasteiger partial charge in [0.25, 0.3) is 0 Å². The first-order valence-corrected chi connectivity index (χ1v) is 10.1. The van der Waals surface area contributed by atoms with Gasteiger partial charge in [-0.25, -0.2) is 9.78 Å². The van der Waals surface area contributed by atoms with Gasteiger partial charge in [0.05, 0.1) is 5.56 Å². The summed E-state index contributed by atoms with van der Waals surface area (Å²) in [6, 6.07) is 8.36. The molecule has 0 aliphatic heterocycles. The van der Waals surface area contributed by atoms with E-state index in [1.807, 2.05) is 6.07 Å². The lowest BCUT2D eigenvalue weighted by molar-refractivity contribution is 0.0696. The first-order chi connectivity index (χ1) is 12.9. The molecule has 150 valence electrons. The summed E-state index contributed by atoms with van der Waals surface area (Å²) in [5.41, 5.74) is 5.78. The Labute approximate surface area is 168 Å². The predicted octanol–water partition coefficient (Wildman–Crippen LogP) is 5.85. The van der Waals surface area contributed by atoms with E-state index in [1.165, 1.54) is 28.6 Å². The molecule has 0 bridgehead atoms. The zero-order chi connectivity index (χ0) is 20.9. The van der Waals surface area contributed by atoms with Gasteiger partial charge in [0.1, 0.15) is 5.82 Å². The highest BCUT2D eigenvalue weighted by Gasteiger charge is 2.35. The lowest BCUT2D eigenvalue weighted by Crippen LogP contribution is -2.28. The number of carbonyl (C=O) groups is 1. The summed E-state index contributed by atoms with van der Waals surface area (Å²) in [6.45, 7) is 15.7. The fourth-order valence-corrected chi connectivity index (χ4v) is 4.06. The number of hydrogen-bond acceptors (Lipinski definition) is 3. The molecule has 1 aromatic heterocycles. The molecule has 0 unspecified atom stereocenters. The maximum absolute atomic E-state index is 11.2. The molecule has 1 aromatic carbocycles. The Morgan fingerprint density at radius 1 is 1.21 bits per heavy atom. The summed E-state index contributed by atoms with van der Waals surface area (Å²) < 4.78 is 0. The third-order valence-electron chi connectivity index (χ3n) is 5.84. The molecule has 0 atom stereocenters. The summed E-state index contributed by atoms with van der Waals surface area (Å²) in [5.74, 6) is -0.162. The Balaban J connectivity index is 2.21. The number of nitrogens with zero attached hydrogens (tertiary/aromatic N) is 2. The SMILES string of the molecule is CC(C)N(c1ccc(C(=O)O)cn1)c1cc(C(C)(C)C)cc2c1CCC2(C)C. The third kappa shape index (κ3) is 3.65. The second kappa shape index (κ2) is 6.91. The number of anilines is 2. The Bertz CT molecular complexity index is 890. The van der Waals surface area contributed by atoms with Crippen molar-refractivity contribution in [1.29, 1.82) is 0 Å². The van der Waals surface area contributed by atoms with Crippen molar-refractivity contribution in [3.63, 3.8) is 0 Å². The minimum absolute atomic E-state index is 0.0473. The van der Waals surface area contributed by atoms with Crippen LogP contribution in [-0.2, 0) is 17.3 Å². The molecule has 0 radical (unpaired) electrons. The van der Waals surface area contributed by atoms with Crippen LogP contribution in [0.25, 0.3) is 0 Å². The molecule has 3 rings (SSSR count). The average Bonchev–Trinajstić information content (AvgIpc) is 2.90. The van der Waals surface area contributed by atoms with E-state index in [9.17, 15) is 9.90 Å². The monoisotopic (exact) mass is 380 g/mol. The van der Waals surface area contributed by atoms with Crippen molar-refractivity contribution in [2.45, 2.75) is 78.2 Å². The maximum atomic E-state index is 11.2. The van der Waals surface area contributed by atoms with Crippen LogP contribution in [0.1, 0.15) is 81.9 Å². The number of hydrogen-bond donors (Lipinski definition) is 1. The molecular formula is C24H32N2O2. The number of aromatic carboxylic acids is 1. The van der Waals surface area contributed by atoms with Gasteiger partial charge >= 0.3 is 5.97 Å². The van der Waals surface area contributed by atoms with Crippen molar-refractivity contribution >= 4 is 17.5 Å². The van der Waals surface area contributed by atoms with E-state index in [0.717, 1.165) is 18.7 Å². The largest absolute Gasteiger partial charge is 0.478 e. The van der Waals surface area contributed by atoms with Crippen LogP contribution < -0.4 is 4.90 Å². The fraction of sp³-hybridized carbons (Fsp3) is 0.500. The topological polar surface area (TPSA) is 53.4 Å². The van der Waals surface area contributed by atoms with Crippen LogP contribution in [0.5, 0.6) is 0 Å². The summed E-state index contributed by atoms with van der Waals surface area (Å²) in [7, 11) is 0. The number of carboxylic acids is 1. The number of fused-ring (bicyclic) bond motifs is 1. The lowest BCUT2D eigenvalue weighted by atomic mass is 9.80. The van der Waals surface area contributed by atoms with Gasteiger partial charge in [-0.1, -0.05) is 40.7 Å². The summed E-state index contributed by atoms with van der Waals surface area (Å²) in [5, 5.41) is 9.20. The van der Waals surface area contributed by atoms with Gasteiger partial charge in [0.2, 0.25) is 0 Å². The van der Waals surface area contributed by atoms with Gasteiger partial charge < -0.3 is 10.0 Å². The van der Waals surface area contributed by atoms with E-state index < -0.39 is 5.97 Å². The van der Waals surface area contributed by atoms with Crippen molar-refractivity contribution in [2.75, 3.05) is 4.90 Å². The van der Waals surface area contributed by atoms with E-state index in [1.54, 1.807) is 6.07 Å². The molecular weight excluding hydrogens is 348 g/mol. The molecule has 0 fully saturated rings. The molecule has 1 aliphatic rings. The highest BCUT2D eigenvalue weighted by atomic mass is 16.4. The van der Waals surface area contributed by atoms with Crippen LogP contribution in [0.2, 0.25) is 0 Å². The number of benzene rings is 1. The van der Waals surface area contributed by atoms with Crippen LogP contribution in [0.3, 0.4) is 0 Å². The molecule has 1 N–H and O–H groups in total. The van der Waals surface area contributed by atoms with E-state index in [0.29, 0.717) is 0 Å². The molecule has 0 saturated heterocycles. The highest BCUT2D eigenvalue weighted by Crippen LogP contribution is 2.46. The second-order valence-corrected chi connectivity index (χ2v) is 9.83. The predicted molar refractivity (Wildman–Crippen MR) is 115 cm³/mol. The molecule has 2 aromatic rings. The zero-order valence-electron chi connectivity index (χ0n) is 18.1. The van der Waals surface area contributed by atoms with Gasteiger partial charge in [-0.3, -0.25) is 0 Å². The molecule has 1 aliphatic carbocycles. The van der Waals surface area contributed by atoms with Crippen LogP contribution >= 0.6 is 0 Å². The number of carboxylic acid groups (broad SMARTS) is 1. The van der Waals surface area contributed by atoms with Crippen molar-refractivity contribution in [2.24, 2.45) is 0 Å². The fourth-order valence-electron chi connectivity index (χ4n) is 4.06. The minimum Gasteiger partial charge on any atom is -0.478 e. The minimum atomic E-state index is -0.951. The van der Waals surface area contributed by atoms with Crippen molar-refractivity contribution < 1.29 is 9.90 Å². The van der Waals surface area contributed by atoms with Crippen LogP contribution in [0.4, 0.5) is 11.5 Å². The van der Waals surface area contributed by atoms with Gasteiger partial charge in [-0.15, -0.1) is 0 Å². The van der Waals surface area contributed by atoms with E-state index in [4.69, 9.17) is 0 Å². The quantitative estimate of drug-likeness (QED) is 0.723. The van der Waals surface area contributed by atoms with Gasteiger partial charge in [0, 0.05) is 17.9 Å². The molecule has 0 spiro atoms. The van der Waals surface area contributed by atoms with E-state index in [2.05, 4.69) is 70.5 Å². The molecule has 4 nitrogen and oxygen atoms in total. The van der Waals surface area contributed by atoms with Crippen LogP contribution in [-0.4, -0.2) is 22.1 Å². The first kappa shape index (κ1) is 20.4. The maximum Gasteiger partial charge on any atom is 0.337 e. The lowest BCUT2D eigenvalue weighted by Gasteiger charge is -2.33. The summed E-state index contributed by atoms with van der Waals surface area (Å²) in [6.07, 6.45) is 3.64. The molecule has 28 heavy (non-hydrogen) atoms. The smallest absolute Gasteiger partial charge is 0.337 e. The number of aromatic nitrogens is 1. The second-order valence-electron chi connectivity index (χ2n) is 9.83. The van der Waals surface area contributed by atoms with E-state index in [-0.39, 0.29) is 22.4 Å². The normalized spacial score (nSPS) is 15.6. The van der Waals surface area contributed by atoms with Crippen molar-refractivity contribution in [3.8, 4) is 0 Å². The molecule has 0 amide bonds. The summed E-state index contributed by atoms with van der Waals surface area (Å²) in [4.78, 5) is 18.0. The summed E-state index contributed by atoms with van der Waals surface area (Å²) >= 11 is 0. The van der Waals surface area contributed by atoms with E-state index >= 15 is 0 Å². The van der Waals surface area contributed by atoms with Crippen LogP contribution in [0, 0.1) is 0 Å². The number of rotatable bonds is 4. The average molecular weight is 381 g/mol. The first-order valence-electron chi connectivity index (χ1n) is 10.1. The molecule has 1 heterocycles. The standard InChI is InChI=1S/C24H32N2O2/c1-15(2)26(21-9-8-16(14-25-21)22(27)28)20-13-17(23(3,4)5)12-19-18(20)10-11-24(19,6)7/h8-9,12-15H,10-11H2,1-7H3,(H,27,28). The Morgan fingerprint density at radius 3 is 2.39 bits per heavy atom.